The van der Waals surface area contributed by atoms with Gasteiger partial charge in [-0.05, 0) is 35.7 Å². The standard InChI is InChI=1S/C13H23NO2S/c1-3-4-6-16-9-13(15)8-14-11(2)12-5-7-17-10-12/h5,7,10-11,13-15H,3-4,6,8-9H2,1-2H3. The van der Waals surface area contributed by atoms with Gasteiger partial charge >= 0.3 is 0 Å². The second kappa shape index (κ2) is 8.64. The Balaban J connectivity index is 2.09. The monoisotopic (exact) mass is 257 g/mol. The summed E-state index contributed by atoms with van der Waals surface area (Å²) in [5.41, 5.74) is 1.27. The van der Waals surface area contributed by atoms with Crippen molar-refractivity contribution in [2.24, 2.45) is 0 Å². The Morgan fingerprint density at radius 2 is 2.35 bits per heavy atom. The van der Waals surface area contributed by atoms with E-state index in [-0.39, 0.29) is 6.04 Å². The van der Waals surface area contributed by atoms with Crippen LogP contribution in [0.2, 0.25) is 0 Å². The first kappa shape index (κ1) is 14.6. The Kier molecular flexibility index (Phi) is 7.44. The van der Waals surface area contributed by atoms with Crippen molar-refractivity contribution in [1.82, 2.24) is 5.32 Å². The van der Waals surface area contributed by atoms with E-state index < -0.39 is 6.10 Å². The molecule has 0 saturated carbocycles. The predicted octanol–water partition coefficient (Wildman–Crippen LogP) is 2.58. The molecule has 17 heavy (non-hydrogen) atoms. The van der Waals surface area contributed by atoms with Crippen LogP contribution in [-0.2, 0) is 4.74 Å². The molecule has 3 nitrogen and oxygen atoms in total. The lowest BCUT2D eigenvalue weighted by molar-refractivity contribution is 0.0348. The van der Waals surface area contributed by atoms with Crippen LogP contribution in [0, 0.1) is 0 Å². The Bertz CT molecular complexity index is 277. The molecule has 0 saturated heterocycles. The molecule has 0 aromatic carbocycles. The van der Waals surface area contributed by atoms with E-state index in [0.717, 1.165) is 19.4 Å². The second-order valence-corrected chi connectivity index (χ2v) is 5.05. The summed E-state index contributed by atoms with van der Waals surface area (Å²) >= 11 is 1.69. The maximum Gasteiger partial charge on any atom is 0.0897 e. The number of aliphatic hydroxyl groups excluding tert-OH is 1. The summed E-state index contributed by atoms with van der Waals surface area (Å²) in [7, 11) is 0. The van der Waals surface area contributed by atoms with Gasteiger partial charge in [-0.15, -0.1) is 0 Å². The van der Waals surface area contributed by atoms with Gasteiger partial charge in [0.2, 0.25) is 0 Å². The number of nitrogens with one attached hydrogen (secondary N) is 1. The zero-order valence-corrected chi connectivity index (χ0v) is 11.5. The van der Waals surface area contributed by atoms with Crippen molar-refractivity contribution in [3.63, 3.8) is 0 Å². The van der Waals surface area contributed by atoms with E-state index in [1.165, 1.54) is 5.56 Å². The van der Waals surface area contributed by atoms with Gasteiger partial charge in [0, 0.05) is 19.2 Å². The summed E-state index contributed by atoms with van der Waals surface area (Å²) in [6.07, 6.45) is 1.77. The van der Waals surface area contributed by atoms with E-state index in [2.05, 4.69) is 36.0 Å². The molecule has 1 aromatic heterocycles. The van der Waals surface area contributed by atoms with Crippen LogP contribution in [0.5, 0.6) is 0 Å². The molecular weight excluding hydrogens is 234 g/mol. The smallest absolute Gasteiger partial charge is 0.0897 e. The van der Waals surface area contributed by atoms with E-state index in [9.17, 15) is 5.11 Å². The molecule has 1 rings (SSSR count). The first-order chi connectivity index (χ1) is 8.24. The fourth-order valence-electron chi connectivity index (χ4n) is 1.48. The van der Waals surface area contributed by atoms with Crippen molar-refractivity contribution >= 4 is 11.3 Å². The Labute approximate surface area is 108 Å². The molecule has 1 heterocycles. The van der Waals surface area contributed by atoms with E-state index >= 15 is 0 Å². The highest BCUT2D eigenvalue weighted by molar-refractivity contribution is 7.07. The first-order valence-electron chi connectivity index (χ1n) is 6.25. The molecule has 2 atom stereocenters. The number of unbranched alkanes of at least 4 members (excludes halogenated alkanes) is 1. The minimum absolute atomic E-state index is 0.284. The Morgan fingerprint density at radius 3 is 3.00 bits per heavy atom. The van der Waals surface area contributed by atoms with Gasteiger partial charge in [0.05, 0.1) is 12.7 Å². The number of hydrogen-bond donors (Lipinski definition) is 2. The van der Waals surface area contributed by atoms with Crippen LogP contribution in [-0.4, -0.2) is 31.0 Å². The topological polar surface area (TPSA) is 41.5 Å². The van der Waals surface area contributed by atoms with Crippen LogP contribution in [0.25, 0.3) is 0 Å². The normalized spacial score (nSPS) is 14.8. The van der Waals surface area contributed by atoms with E-state index in [1.807, 2.05) is 0 Å². The van der Waals surface area contributed by atoms with Crippen molar-refractivity contribution < 1.29 is 9.84 Å². The van der Waals surface area contributed by atoms with Crippen LogP contribution in [0.15, 0.2) is 16.8 Å². The van der Waals surface area contributed by atoms with Crippen LogP contribution in [0.1, 0.15) is 38.3 Å². The minimum Gasteiger partial charge on any atom is -0.389 e. The highest BCUT2D eigenvalue weighted by Gasteiger charge is 2.08. The molecule has 0 bridgehead atoms. The molecule has 0 aliphatic rings. The third-order valence-electron chi connectivity index (χ3n) is 2.66. The SMILES string of the molecule is CCCCOCC(O)CNC(C)c1ccsc1. The minimum atomic E-state index is -0.423. The fraction of sp³-hybridized carbons (Fsp3) is 0.692. The van der Waals surface area contributed by atoms with Crippen LogP contribution in [0.3, 0.4) is 0 Å². The van der Waals surface area contributed by atoms with E-state index in [4.69, 9.17) is 4.74 Å². The van der Waals surface area contributed by atoms with Gasteiger partial charge in [-0.1, -0.05) is 13.3 Å². The predicted molar refractivity (Wildman–Crippen MR) is 72.5 cm³/mol. The summed E-state index contributed by atoms with van der Waals surface area (Å²) < 4.78 is 5.37. The van der Waals surface area contributed by atoms with E-state index in [1.54, 1.807) is 11.3 Å². The molecule has 2 unspecified atom stereocenters. The molecule has 0 spiro atoms. The lowest BCUT2D eigenvalue weighted by atomic mass is 10.2. The van der Waals surface area contributed by atoms with Crippen molar-refractivity contribution in [2.75, 3.05) is 19.8 Å². The average Bonchev–Trinajstić information content (AvgIpc) is 2.85. The summed E-state index contributed by atoms with van der Waals surface area (Å²) in [4.78, 5) is 0. The Morgan fingerprint density at radius 1 is 1.53 bits per heavy atom. The highest BCUT2D eigenvalue weighted by Crippen LogP contribution is 2.15. The van der Waals surface area contributed by atoms with Gasteiger partial charge in [0.25, 0.3) is 0 Å². The highest BCUT2D eigenvalue weighted by atomic mass is 32.1. The zero-order valence-electron chi connectivity index (χ0n) is 10.7. The Hall–Kier alpha value is -0.420. The molecule has 0 fully saturated rings. The average molecular weight is 257 g/mol. The molecule has 4 heteroatoms. The van der Waals surface area contributed by atoms with Gasteiger partial charge < -0.3 is 15.2 Å². The molecule has 1 aromatic rings. The van der Waals surface area contributed by atoms with Gasteiger partial charge in [0.15, 0.2) is 0 Å². The lowest BCUT2D eigenvalue weighted by Crippen LogP contribution is -2.32. The quantitative estimate of drug-likeness (QED) is 0.668. The number of hydrogen-bond acceptors (Lipinski definition) is 4. The van der Waals surface area contributed by atoms with Crippen molar-refractivity contribution in [3.05, 3.63) is 22.4 Å². The number of aliphatic hydroxyl groups is 1. The van der Waals surface area contributed by atoms with Crippen molar-refractivity contribution in [1.29, 1.82) is 0 Å². The van der Waals surface area contributed by atoms with E-state index in [0.29, 0.717) is 13.2 Å². The lowest BCUT2D eigenvalue weighted by Gasteiger charge is -2.16. The zero-order chi connectivity index (χ0) is 12.5. The third kappa shape index (κ3) is 6.17. The second-order valence-electron chi connectivity index (χ2n) is 4.27. The van der Waals surface area contributed by atoms with Gasteiger partial charge in [-0.3, -0.25) is 0 Å². The molecule has 2 N–H and O–H groups in total. The largest absolute Gasteiger partial charge is 0.389 e. The van der Waals surface area contributed by atoms with Crippen molar-refractivity contribution in [3.8, 4) is 0 Å². The molecule has 0 radical (unpaired) electrons. The fourth-order valence-corrected chi connectivity index (χ4v) is 2.23. The first-order valence-corrected chi connectivity index (χ1v) is 7.19. The summed E-state index contributed by atoms with van der Waals surface area (Å²) in [5.74, 6) is 0. The van der Waals surface area contributed by atoms with Gasteiger partial charge in [-0.25, -0.2) is 0 Å². The number of ether oxygens (including phenoxy) is 1. The van der Waals surface area contributed by atoms with Crippen LogP contribution in [0.4, 0.5) is 0 Å². The van der Waals surface area contributed by atoms with Gasteiger partial charge in [-0.2, -0.15) is 11.3 Å². The van der Waals surface area contributed by atoms with Crippen LogP contribution < -0.4 is 5.32 Å². The molecule has 98 valence electrons. The summed E-state index contributed by atoms with van der Waals surface area (Å²) in [5, 5.41) is 17.2. The molecule has 0 amide bonds. The van der Waals surface area contributed by atoms with Crippen molar-refractivity contribution in [2.45, 2.75) is 38.8 Å². The number of rotatable bonds is 9. The maximum absolute atomic E-state index is 9.71. The molecule has 0 aliphatic heterocycles. The molecular formula is C13H23NO2S. The third-order valence-corrected chi connectivity index (χ3v) is 3.36. The summed E-state index contributed by atoms with van der Waals surface area (Å²) in [6, 6.07) is 2.39. The van der Waals surface area contributed by atoms with Crippen LogP contribution >= 0.6 is 11.3 Å². The number of thiophene rings is 1. The van der Waals surface area contributed by atoms with Gasteiger partial charge in [0.1, 0.15) is 0 Å². The molecule has 0 aliphatic carbocycles. The maximum atomic E-state index is 9.71. The summed E-state index contributed by atoms with van der Waals surface area (Å²) in [6.45, 7) is 5.97.